The molecule has 0 amide bonds. The summed E-state index contributed by atoms with van der Waals surface area (Å²) in [4.78, 5) is 2.18. The third-order valence-corrected chi connectivity index (χ3v) is 3.00. The summed E-state index contributed by atoms with van der Waals surface area (Å²) in [5.74, 6) is 0.611. The van der Waals surface area contributed by atoms with Gasteiger partial charge < -0.3 is 4.90 Å². The first-order valence-corrected chi connectivity index (χ1v) is 5.14. The molecular weight excluding hydrogens is 170 g/mol. The molecule has 0 spiro atoms. The maximum Gasteiger partial charge on any atom is 0.0442 e. The molecule has 1 aliphatic heterocycles. The van der Waals surface area contributed by atoms with Crippen LogP contribution in [0.2, 0.25) is 0 Å². The van der Waals surface area contributed by atoms with Crippen molar-refractivity contribution in [2.24, 2.45) is 0 Å². The number of hydrogen-bond acceptors (Lipinski definition) is 1. The summed E-state index contributed by atoms with van der Waals surface area (Å²) in [6.07, 6.45) is 1.01. The van der Waals surface area contributed by atoms with Crippen LogP contribution in [0.5, 0.6) is 0 Å². The van der Waals surface area contributed by atoms with Gasteiger partial charge in [0.1, 0.15) is 0 Å². The predicted molar refractivity (Wildman–Crippen MR) is 61.8 cm³/mol. The third kappa shape index (κ3) is 1.33. The number of nitrogens with zero attached hydrogens (tertiary/aromatic N) is 1. The smallest absolute Gasteiger partial charge is 0.0442 e. The van der Waals surface area contributed by atoms with Gasteiger partial charge in [-0.25, -0.2) is 0 Å². The second kappa shape index (κ2) is 3.16. The van der Waals surface area contributed by atoms with Crippen molar-refractivity contribution in [3.63, 3.8) is 0 Å². The Morgan fingerprint density at radius 2 is 2.07 bits per heavy atom. The van der Waals surface area contributed by atoms with Gasteiger partial charge in [-0.15, -0.1) is 0 Å². The SMILES string of the molecule is C=C1Cc2cc(C(C)C)ccc2N1C. The Bertz CT molecular complexity index is 377. The maximum absolute atomic E-state index is 4.05. The zero-order chi connectivity index (χ0) is 10.3. The fourth-order valence-electron chi connectivity index (χ4n) is 1.94. The van der Waals surface area contributed by atoms with Crippen LogP contribution in [0.4, 0.5) is 5.69 Å². The molecule has 1 heteroatoms. The molecule has 0 saturated carbocycles. The monoisotopic (exact) mass is 187 g/mol. The number of likely N-dealkylation sites (N-methyl/N-ethyl adjacent to an activating group) is 1. The van der Waals surface area contributed by atoms with Gasteiger partial charge in [-0.05, 0) is 23.1 Å². The van der Waals surface area contributed by atoms with Gasteiger partial charge in [-0.1, -0.05) is 32.6 Å². The number of rotatable bonds is 1. The lowest BCUT2D eigenvalue weighted by Crippen LogP contribution is -2.09. The Morgan fingerprint density at radius 3 is 2.71 bits per heavy atom. The van der Waals surface area contributed by atoms with Gasteiger partial charge in [-0.3, -0.25) is 0 Å². The van der Waals surface area contributed by atoms with Gasteiger partial charge in [0.15, 0.2) is 0 Å². The lowest BCUT2D eigenvalue weighted by Gasteiger charge is -2.14. The van der Waals surface area contributed by atoms with Gasteiger partial charge in [-0.2, -0.15) is 0 Å². The molecule has 0 N–H and O–H groups in total. The van der Waals surface area contributed by atoms with E-state index in [1.165, 1.54) is 22.5 Å². The molecule has 0 aliphatic carbocycles. The highest BCUT2D eigenvalue weighted by molar-refractivity contribution is 5.64. The summed E-state index contributed by atoms with van der Waals surface area (Å²) in [7, 11) is 2.09. The van der Waals surface area contributed by atoms with E-state index in [0.717, 1.165) is 6.42 Å². The van der Waals surface area contributed by atoms with Gasteiger partial charge >= 0.3 is 0 Å². The van der Waals surface area contributed by atoms with Crippen molar-refractivity contribution < 1.29 is 0 Å². The minimum atomic E-state index is 0.611. The third-order valence-electron chi connectivity index (χ3n) is 3.00. The predicted octanol–water partition coefficient (Wildman–Crippen LogP) is 3.32. The van der Waals surface area contributed by atoms with E-state index in [2.05, 4.69) is 50.6 Å². The first-order chi connectivity index (χ1) is 6.59. The van der Waals surface area contributed by atoms with Crippen LogP contribution in [0.3, 0.4) is 0 Å². The number of hydrogen-bond donors (Lipinski definition) is 0. The van der Waals surface area contributed by atoms with E-state index in [-0.39, 0.29) is 0 Å². The summed E-state index contributed by atoms with van der Waals surface area (Å²) >= 11 is 0. The van der Waals surface area contributed by atoms with Crippen LogP contribution in [0, 0.1) is 0 Å². The Balaban J connectivity index is 2.44. The Hall–Kier alpha value is -1.24. The Kier molecular flexibility index (Phi) is 2.10. The molecule has 14 heavy (non-hydrogen) atoms. The lowest BCUT2D eigenvalue weighted by atomic mass is 9.99. The minimum Gasteiger partial charge on any atom is -0.348 e. The van der Waals surface area contributed by atoms with Crippen molar-refractivity contribution in [1.82, 2.24) is 0 Å². The first-order valence-electron chi connectivity index (χ1n) is 5.14. The van der Waals surface area contributed by atoms with Gasteiger partial charge in [0.2, 0.25) is 0 Å². The van der Waals surface area contributed by atoms with Gasteiger partial charge in [0.05, 0.1) is 0 Å². The summed E-state index contributed by atoms with van der Waals surface area (Å²) in [6.45, 7) is 8.51. The van der Waals surface area contributed by atoms with Crippen LogP contribution in [0.15, 0.2) is 30.5 Å². The fraction of sp³-hybridized carbons (Fsp3) is 0.385. The van der Waals surface area contributed by atoms with Gasteiger partial charge in [0, 0.05) is 24.9 Å². The highest BCUT2D eigenvalue weighted by atomic mass is 15.1. The molecule has 0 aromatic heterocycles. The van der Waals surface area contributed by atoms with Crippen molar-refractivity contribution in [2.75, 3.05) is 11.9 Å². The zero-order valence-electron chi connectivity index (χ0n) is 9.17. The minimum absolute atomic E-state index is 0.611. The van der Waals surface area contributed by atoms with Crippen molar-refractivity contribution in [3.8, 4) is 0 Å². The molecule has 0 radical (unpaired) electrons. The summed E-state index contributed by atoms with van der Waals surface area (Å²) in [5, 5.41) is 0. The summed E-state index contributed by atoms with van der Waals surface area (Å²) < 4.78 is 0. The van der Waals surface area contributed by atoms with E-state index in [9.17, 15) is 0 Å². The van der Waals surface area contributed by atoms with Crippen molar-refractivity contribution in [2.45, 2.75) is 26.2 Å². The Labute approximate surface area is 86.1 Å². The standard InChI is InChI=1S/C13H17N/c1-9(2)11-5-6-13-12(8-11)7-10(3)14(13)4/h5-6,8-9H,3,7H2,1-2,4H3. The zero-order valence-corrected chi connectivity index (χ0v) is 9.17. The molecule has 0 saturated heterocycles. The molecule has 0 fully saturated rings. The number of allylic oxidation sites excluding steroid dienone is 1. The van der Waals surface area contributed by atoms with Gasteiger partial charge in [0.25, 0.3) is 0 Å². The van der Waals surface area contributed by atoms with E-state index in [0.29, 0.717) is 5.92 Å². The second-order valence-corrected chi connectivity index (χ2v) is 4.34. The second-order valence-electron chi connectivity index (χ2n) is 4.34. The topological polar surface area (TPSA) is 3.24 Å². The van der Waals surface area contributed by atoms with E-state index in [1.807, 2.05) is 0 Å². The number of fused-ring (bicyclic) bond motifs is 1. The van der Waals surface area contributed by atoms with Crippen LogP contribution in [0.1, 0.15) is 30.9 Å². The normalized spacial score (nSPS) is 15.1. The van der Waals surface area contributed by atoms with Crippen LogP contribution < -0.4 is 4.90 Å². The number of anilines is 1. The summed E-state index contributed by atoms with van der Waals surface area (Å²) in [6, 6.07) is 6.75. The average Bonchev–Trinajstić information content (AvgIpc) is 2.42. The Morgan fingerprint density at radius 1 is 1.36 bits per heavy atom. The average molecular weight is 187 g/mol. The van der Waals surface area contributed by atoms with E-state index in [4.69, 9.17) is 0 Å². The van der Waals surface area contributed by atoms with E-state index >= 15 is 0 Å². The van der Waals surface area contributed by atoms with Crippen LogP contribution in [-0.4, -0.2) is 7.05 Å². The quantitative estimate of drug-likeness (QED) is 0.652. The van der Waals surface area contributed by atoms with E-state index < -0.39 is 0 Å². The lowest BCUT2D eigenvalue weighted by molar-refractivity contribution is 0.865. The van der Waals surface area contributed by atoms with E-state index in [1.54, 1.807) is 0 Å². The summed E-state index contributed by atoms with van der Waals surface area (Å²) in [5.41, 5.74) is 5.36. The molecule has 0 bridgehead atoms. The molecule has 2 rings (SSSR count). The molecule has 74 valence electrons. The van der Waals surface area contributed by atoms with Crippen LogP contribution >= 0.6 is 0 Å². The molecule has 1 aromatic carbocycles. The number of benzene rings is 1. The van der Waals surface area contributed by atoms with Crippen molar-refractivity contribution in [1.29, 1.82) is 0 Å². The van der Waals surface area contributed by atoms with Crippen molar-refractivity contribution in [3.05, 3.63) is 41.6 Å². The molecule has 0 atom stereocenters. The van der Waals surface area contributed by atoms with Crippen LogP contribution in [-0.2, 0) is 6.42 Å². The molecule has 1 aliphatic rings. The highest BCUT2D eigenvalue weighted by Crippen LogP contribution is 2.34. The molecule has 1 heterocycles. The first kappa shape index (κ1) is 9.32. The molecule has 0 unspecified atom stereocenters. The largest absolute Gasteiger partial charge is 0.348 e. The molecule has 1 aromatic rings. The van der Waals surface area contributed by atoms with Crippen LogP contribution in [0.25, 0.3) is 0 Å². The van der Waals surface area contributed by atoms with Crippen molar-refractivity contribution >= 4 is 5.69 Å². The molecule has 1 nitrogen and oxygen atoms in total. The maximum atomic E-state index is 4.05. The highest BCUT2D eigenvalue weighted by Gasteiger charge is 2.19. The fourth-order valence-corrected chi connectivity index (χ4v) is 1.94. The molecular formula is C13H17N.